The summed E-state index contributed by atoms with van der Waals surface area (Å²) in [5.41, 5.74) is 1.47. The summed E-state index contributed by atoms with van der Waals surface area (Å²) in [6.07, 6.45) is -8.13. The van der Waals surface area contributed by atoms with Gasteiger partial charge in [0.15, 0.2) is 5.78 Å². The molecule has 0 aliphatic heterocycles. The molecule has 0 unspecified atom stereocenters. The average molecular weight is 536 g/mol. The van der Waals surface area contributed by atoms with Crippen LogP contribution in [0.25, 0.3) is 0 Å². The number of amides is 2. The number of rotatable bonds is 2. The van der Waals surface area contributed by atoms with Gasteiger partial charge in [0.1, 0.15) is 11.6 Å². The van der Waals surface area contributed by atoms with Crippen molar-refractivity contribution in [2.24, 2.45) is 0 Å². The van der Waals surface area contributed by atoms with Crippen molar-refractivity contribution in [3.05, 3.63) is 70.3 Å². The highest BCUT2D eigenvalue weighted by molar-refractivity contribution is 5.99. The van der Waals surface area contributed by atoms with E-state index in [9.17, 15) is 49.5 Å². The quantitative estimate of drug-likeness (QED) is 0.505. The summed E-state index contributed by atoms with van der Waals surface area (Å²) in [7, 11) is 0. The van der Waals surface area contributed by atoms with Gasteiger partial charge in [-0.05, 0) is 72.7 Å². The Bertz CT molecular complexity index is 1190. The Balaban J connectivity index is 0.000000206. The van der Waals surface area contributed by atoms with Crippen molar-refractivity contribution in [2.75, 3.05) is 0 Å². The van der Waals surface area contributed by atoms with Gasteiger partial charge in [-0.3, -0.25) is 14.4 Å². The molecule has 4 rings (SSSR count). The molecule has 2 aliphatic carbocycles. The summed E-state index contributed by atoms with van der Waals surface area (Å²) in [6.45, 7) is 0. The smallest absolute Gasteiger partial charge is 0.341 e. The van der Waals surface area contributed by atoms with Crippen LogP contribution in [0.15, 0.2) is 36.4 Å². The first-order valence-electron chi connectivity index (χ1n) is 11.0. The van der Waals surface area contributed by atoms with Gasteiger partial charge >= 0.3 is 24.2 Å². The summed E-state index contributed by atoms with van der Waals surface area (Å²) < 4.78 is 99.3. The zero-order valence-corrected chi connectivity index (χ0v) is 18.9. The van der Waals surface area contributed by atoms with Crippen LogP contribution in [0.3, 0.4) is 0 Å². The lowest BCUT2D eigenvalue weighted by Crippen LogP contribution is -2.40. The van der Waals surface area contributed by atoms with Gasteiger partial charge < -0.3 is 10.6 Å². The highest BCUT2D eigenvalue weighted by Crippen LogP contribution is 2.32. The van der Waals surface area contributed by atoms with Crippen LogP contribution in [0.4, 0.5) is 35.1 Å². The second-order valence-electron chi connectivity index (χ2n) is 8.48. The Labute approximate surface area is 205 Å². The van der Waals surface area contributed by atoms with Crippen LogP contribution in [0.1, 0.15) is 64.8 Å². The van der Waals surface area contributed by atoms with E-state index in [1.165, 1.54) is 18.2 Å². The number of carbonyl (C=O) groups is 3. The van der Waals surface area contributed by atoms with Crippen LogP contribution in [-0.2, 0) is 16.0 Å². The average Bonchev–Trinajstić information content (AvgIpc) is 2.80. The molecule has 200 valence electrons. The molecule has 0 saturated heterocycles. The highest BCUT2D eigenvalue weighted by atomic mass is 19.4. The molecule has 13 heteroatoms. The fraction of sp³-hybridized carbons (Fsp3) is 0.375. The van der Waals surface area contributed by atoms with Gasteiger partial charge in [-0.1, -0.05) is 6.07 Å². The van der Waals surface area contributed by atoms with E-state index in [1.807, 2.05) is 5.32 Å². The molecular weight excluding hydrogens is 516 g/mol. The Kier molecular flexibility index (Phi) is 8.23. The molecule has 0 fully saturated rings. The number of halogens is 8. The Morgan fingerprint density at radius 3 is 1.81 bits per heavy atom. The van der Waals surface area contributed by atoms with E-state index in [2.05, 4.69) is 0 Å². The molecule has 0 bridgehead atoms. The Morgan fingerprint density at radius 1 is 0.730 bits per heavy atom. The number of hydrogen-bond acceptors (Lipinski definition) is 3. The number of hydrogen-bond donors (Lipinski definition) is 2. The maximum Gasteiger partial charge on any atom is 0.471 e. The number of benzene rings is 2. The van der Waals surface area contributed by atoms with E-state index < -0.39 is 47.9 Å². The van der Waals surface area contributed by atoms with E-state index in [0.717, 1.165) is 17.7 Å². The number of ketones is 1. The SMILES string of the molecule is O=C(N[C@@H]1CCCc2ccc(F)cc21)C(F)(F)F.O=C1CC[C@@H](NC(=O)C(F)(F)F)c2cc(F)ccc21. The van der Waals surface area contributed by atoms with E-state index in [1.54, 1.807) is 11.4 Å². The lowest BCUT2D eigenvalue weighted by Gasteiger charge is -2.26. The van der Waals surface area contributed by atoms with Crippen LogP contribution in [0, 0.1) is 11.6 Å². The normalized spacial score (nSPS) is 19.1. The molecule has 2 aromatic rings. The second kappa shape index (κ2) is 10.9. The summed E-state index contributed by atoms with van der Waals surface area (Å²) in [5, 5.41) is 3.69. The number of fused-ring (bicyclic) bond motifs is 2. The topological polar surface area (TPSA) is 75.3 Å². The first kappa shape index (κ1) is 28.1. The maximum atomic E-state index is 13.1. The van der Waals surface area contributed by atoms with Crippen molar-refractivity contribution < 1.29 is 49.5 Å². The van der Waals surface area contributed by atoms with Crippen molar-refractivity contribution in [3.8, 4) is 0 Å². The largest absolute Gasteiger partial charge is 0.471 e. The third-order valence-electron chi connectivity index (χ3n) is 5.90. The monoisotopic (exact) mass is 536 g/mol. The van der Waals surface area contributed by atoms with Crippen molar-refractivity contribution in [1.29, 1.82) is 0 Å². The predicted molar refractivity (Wildman–Crippen MR) is 113 cm³/mol. The molecular formula is C24H20F8N2O3. The number of alkyl halides is 6. The molecule has 2 atom stereocenters. The van der Waals surface area contributed by atoms with Crippen molar-refractivity contribution >= 4 is 17.6 Å². The number of aryl methyl sites for hydroxylation is 1. The summed E-state index contributed by atoms with van der Waals surface area (Å²) >= 11 is 0. The number of nitrogens with one attached hydrogen (secondary N) is 2. The Hall–Kier alpha value is -3.51. The minimum absolute atomic E-state index is 0.0153. The van der Waals surface area contributed by atoms with Gasteiger partial charge in [-0.15, -0.1) is 0 Å². The molecule has 2 aliphatic rings. The van der Waals surface area contributed by atoms with Gasteiger partial charge in [0.05, 0.1) is 12.1 Å². The van der Waals surface area contributed by atoms with Gasteiger partial charge in [0.2, 0.25) is 0 Å². The number of Topliss-reactive ketones (excluding diaryl/α,β-unsaturated/α-hetero) is 1. The molecule has 0 saturated carbocycles. The van der Waals surface area contributed by atoms with Crippen LogP contribution < -0.4 is 10.6 Å². The highest BCUT2D eigenvalue weighted by Gasteiger charge is 2.41. The third kappa shape index (κ3) is 7.04. The van der Waals surface area contributed by atoms with E-state index in [-0.39, 0.29) is 29.8 Å². The molecule has 2 aromatic carbocycles. The van der Waals surface area contributed by atoms with Gasteiger partial charge in [0, 0.05) is 12.0 Å². The van der Waals surface area contributed by atoms with Crippen LogP contribution in [0.2, 0.25) is 0 Å². The molecule has 37 heavy (non-hydrogen) atoms. The predicted octanol–water partition coefficient (Wildman–Crippen LogP) is 5.40. The van der Waals surface area contributed by atoms with Gasteiger partial charge in [-0.2, -0.15) is 26.3 Å². The summed E-state index contributed by atoms with van der Waals surface area (Å²) in [6, 6.07) is 5.51. The molecule has 2 amide bonds. The molecule has 0 aromatic heterocycles. The van der Waals surface area contributed by atoms with Crippen LogP contribution in [-0.4, -0.2) is 30.0 Å². The molecule has 5 nitrogen and oxygen atoms in total. The van der Waals surface area contributed by atoms with E-state index >= 15 is 0 Å². The van der Waals surface area contributed by atoms with Crippen LogP contribution >= 0.6 is 0 Å². The fourth-order valence-electron chi connectivity index (χ4n) is 4.19. The lowest BCUT2D eigenvalue weighted by atomic mass is 9.86. The zero-order chi connectivity index (χ0) is 27.5. The standard InChI is InChI=1S/C12H9F4NO2.C12H11F4NO/c13-6-1-2-7-8(5-6)9(3-4-10(7)18)17-11(19)12(14,15)16;13-8-5-4-7-2-1-3-10(9(7)6-8)17-11(18)12(14,15)16/h1-2,5,9H,3-4H2,(H,17,19);4-6,10H,1-3H2,(H,17,18)/t9-;10-/m11/s1. The number of carbonyl (C=O) groups excluding carboxylic acids is 3. The maximum absolute atomic E-state index is 13.1. The summed E-state index contributed by atoms with van der Waals surface area (Å²) in [5.74, 6) is -5.53. The van der Waals surface area contributed by atoms with Gasteiger partial charge in [-0.25, -0.2) is 8.78 Å². The fourth-order valence-corrected chi connectivity index (χ4v) is 4.19. The summed E-state index contributed by atoms with van der Waals surface area (Å²) in [4.78, 5) is 33.4. The van der Waals surface area contributed by atoms with E-state index in [4.69, 9.17) is 0 Å². The molecule has 0 radical (unpaired) electrons. The van der Waals surface area contributed by atoms with Crippen molar-refractivity contribution in [1.82, 2.24) is 10.6 Å². The van der Waals surface area contributed by atoms with Crippen molar-refractivity contribution in [3.63, 3.8) is 0 Å². The minimum Gasteiger partial charge on any atom is -0.341 e. The van der Waals surface area contributed by atoms with Gasteiger partial charge in [0.25, 0.3) is 0 Å². The molecule has 0 spiro atoms. The van der Waals surface area contributed by atoms with Crippen LogP contribution in [0.5, 0.6) is 0 Å². The zero-order valence-electron chi connectivity index (χ0n) is 18.9. The Morgan fingerprint density at radius 2 is 1.24 bits per heavy atom. The second-order valence-corrected chi connectivity index (χ2v) is 8.48. The third-order valence-corrected chi connectivity index (χ3v) is 5.90. The van der Waals surface area contributed by atoms with E-state index in [0.29, 0.717) is 24.8 Å². The molecule has 0 heterocycles. The lowest BCUT2D eigenvalue weighted by molar-refractivity contribution is -0.174. The minimum atomic E-state index is -5.01. The van der Waals surface area contributed by atoms with Crippen molar-refractivity contribution in [2.45, 2.75) is 56.5 Å². The molecule has 2 N–H and O–H groups in total. The first-order valence-corrected chi connectivity index (χ1v) is 11.0. The first-order chi connectivity index (χ1) is 17.2.